The van der Waals surface area contributed by atoms with Crippen molar-refractivity contribution in [1.82, 2.24) is 0 Å². The van der Waals surface area contributed by atoms with Crippen molar-refractivity contribution in [2.45, 2.75) is 65.0 Å². The smallest absolute Gasteiger partial charge is 0.303 e. The third kappa shape index (κ3) is 2.57. The molecule has 4 rings (SSSR count). The average Bonchev–Trinajstić information content (AvgIpc) is 2.98. The Morgan fingerprint density at radius 1 is 1.21 bits per heavy atom. The van der Waals surface area contributed by atoms with Crippen LogP contribution in [0.25, 0.3) is 0 Å². The molecule has 0 aromatic heterocycles. The zero-order chi connectivity index (χ0) is 20.3. The average molecular weight is 388 g/mol. The van der Waals surface area contributed by atoms with Crippen LogP contribution in [0, 0.1) is 28.6 Å². The topological polar surface area (TPSA) is 60.4 Å². The monoisotopic (exact) mass is 388 g/mol. The van der Waals surface area contributed by atoms with Gasteiger partial charge in [-0.05, 0) is 55.1 Å². The van der Waals surface area contributed by atoms with Gasteiger partial charge < -0.3 is 4.74 Å². The summed E-state index contributed by atoms with van der Waals surface area (Å²) in [5, 5.41) is 0. The van der Waals surface area contributed by atoms with Crippen molar-refractivity contribution in [3.05, 3.63) is 23.8 Å². The summed E-state index contributed by atoms with van der Waals surface area (Å²) in [6, 6.07) is 0. The third-order valence-corrected chi connectivity index (χ3v) is 8.43. The van der Waals surface area contributed by atoms with Crippen molar-refractivity contribution in [1.29, 1.82) is 0 Å². The van der Waals surface area contributed by atoms with Gasteiger partial charge in [-0.1, -0.05) is 26.0 Å². The molecule has 6 atom stereocenters. The first-order valence-corrected chi connectivity index (χ1v) is 10.4. The maximum atomic E-state index is 16.7. The predicted octanol–water partition coefficient (Wildman–Crippen LogP) is 4.13. The second-order valence-electron chi connectivity index (χ2n) is 9.63. The van der Waals surface area contributed by atoms with Gasteiger partial charge in [0.15, 0.2) is 11.6 Å². The quantitative estimate of drug-likeness (QED) is 0.682. The summed E-state index contributed by atoms with van der Waals surface area (Å²) in [5.74, 6) is -0.752. The van der Waals surface area contributed by atoms with Crippen molar-refractivity contribution >= 4 is 17.5 Å². The summed E-state index contributed by atoms with van der Waals surface area (Å²) in [4.78, 5) is 35.7. The van der Waals surface area contributed by atoms with E-state index in [1.165, 1.54) is 6.92 Å². The van der Waals surface area contributed by atoms with Gasteiger partial charge in [-0.3, -0.25) is 14.4 Å². The summed E-state index contributed by atoms with van der Waals surface area (Å²) in [5.41, 5.74) is -1.47. The number of halogens is 1. The van der Waals surface area contributed by atoms with Crippen molar-refractivity contribution in [3.63, 3.8) is 0 Å². The van der Waals surface area contributed by atoms with Crippen molar-refractivity contribution in [2.75, 3.05) is 6.61 Å². The number of hydrogen-bond donors (Lipinski definition) is 0. The van der Waals surface area contributed by atoms with E-state index in [4.69, 9.17) is 4.74 Å². The third-order valence-electron chi connectivity index (χ3n) is 8.43. The Kier molecular flexibility index (Phi) is 4.44. The highest BCUT2D eigenvalue weighted by atomic mass is 19.1. The highest BCUT2D eigenvalue weighted by molar-refractivity contribution is 5.92. The van der Waals surface area contributed by atoms with Crippen LogP contribution >= 0.6 is 0 Å². The lowest BCUT2D eigenvalue weighted by atomic mass is 9.47. The van der Waals surface area contributed by atoms with Crippen LogP contribution in [0.1, 0.15) is 59.3 Å². The Hall–Kier alpha value is -1.78. The Bertz CT molecular complexity index is 798. The number of carbonyl (C=O) groups excluding carboxylic acids is 3. The standard InChI is InChI=1S/C23H29FO4/c1-14(25)28-13-20(27)19-7-6-17-18-5-4-15-12-16(26)8-9-22(15,3)23(18,24)11-10-21(17,19)2/h4-5,12,17-19H,6-11,13H2,1-3H3/t17-,18-,19+,21-,22-,23+/m0/s1. The highest BCUT2D eigenvalue weighted by Crippen LogP contribution is 2.68. The first kappa shape index (κ1) is 19.5. The van der Waals surface area contributed by atoms with E-state index in [0.29, 0.717) is 25.7 Å². The maximum absolute atomic E-state index is 16.7. The second kappa shape index (κ2) is 6.36. The molecule has 5 heteroatoms. The van der Waals surface area contributed by atoms with Crippen molar-refractivity contribution < 1.29 is 23.5 Å². The Balaban J connectivity index is 1.65. The van der Waals surface area contributed by atoms with Gasteiger partial charge in [0.05, 0.1) is 0 Å². The van der Waals surface area contributed by atoms with E-state index in [2.05, 4.69) is 6.92 Å². The zero-order valence-corrected chi connectivity index (χ0v) is 16.9. The van der Waals surface area contributed by atoms with E-state index < -0.39 is 17.1 Å². The second-order valence-corrected chi connectivity index (χ2v) is 9.63. The van der Waals surface area contributed by atoms with Crippen LogP contribution in [-0.4, -0.2) is 29.8 Å². The fourth-order valence-electron chi connectivity index (χ4n) is 6.69. The molecule has 0 N–H and O–H groups in total. The lowest BCUT2D eigenvalue weighted by Crippen LogP contribution is -2.59. The van der Waals surface area contributed by atoms with E-state index in [-0.39, 0.29) is 41.3 Å². The summed E-state index contributed by atoms with van der Waals surface area (Å²) in [6.45, 7) is 5.21. The van der Waals surface area contributed by atoms with Gasteiger partial charge >= 0.3 is 5.97 Å². The summed E-state index contributed by atoms with van der Waals surface area (Å²) in [6.07, 6.45) is 9.07. The maximum Gasteiger partial charge on any atom is 0.303 e. The molecule has 0 unspecified atom stereocenters. The molecule has 0 aromatic rings. The number of carbonyl (C=O) groups is 3. The minimum absolute atomic E-state index is 0.0404. The minimum Gasteiger partial charge on any atom is -0.458 e. The Morgan fingerprint density at radius 2 is 1.96 bits per heavy atom. The van der Waals surface area contributed by atoms with E-state index in [1.54, 1.807) is 6.08 Å². The van der Waals surface area contributed by atoms with Crippen LogP contribution in [0.3, 0.4) is 0 Å². The molecule has 152 valence electrons. The molecule has 0 amide bonds. The highest BCUT2D eigenvalue weighted by Gasteiger charge is 2.66. The van der Waals surface area contributed by atoms with Crippen molar-refractivity contribution in [2.24, 2.45) is 28.6 Å². The van der Waals surface area contributed by atoms with Gasteiger partial charge in [-0.25, -0.2) is 4.39 Å². The SMILES string of the molecule is CC(=O)OCC(=O)[C@H]1CC[C@H]2[C@@H]3C=CC4=CC(=O)CC[C@]4(C)[C@@]3(F)CC[C@]12C. The van der Waals surface area contributed by atoms with Crippen LogP contribution < -0.4 is 0 Å². The molecule has 2 fully saturated rings. The molecule has 0 bridgehead atoms. The molecule has 0 saturated heterocycles. The van der Waals surface area contributed by atoms with Crippen LogP contribution in [0.4, 0.5) is 4.39 Å². The number of alkyl halides is 1. The Labute approximate surface area is 165 Å². The number of Topliss-reactive ketones (excluding diaryl/α,β-unsaturated/α-hetero) is 1. The normalized spacial score (nSPS) is 44.2. The number of esters is 1. The van der Waals surface area contributed by atoms with Crippen LogP contribution in [-0.2, 0) is 19.1 Å². The largest absolute Gasteiger partial charge is 0.458 e. The zero-order valence-electron chi connectivity index (χ0n) is 16.9. The van der Waals surface area contributed by atoms with E-state index in [1.807, 2.05) is 19.1 Å². The molecule has 2 saturated carbocycles. The molecular weight excluding hydrogens is 359 g/mol. The Morgan fingerprint density at radius 3 is 2.68 bits per heavy atom. The first-order valence-electron chi connectivity index (χ1n) is 10.4. The molecule has 4 nitrogen and oxygen atoms in total. The van der Waals surface area contributed by atoms with Crippen LogP contribution in [0.5, 0.6) is 0 Å². The van der Waals surface area contributed by atoms with Crippen molar-refractivity contribution in [3.8, 4) is 0 Å². The predicted molar refractivity (Wildman–Crippen MR) is 102 cm³/mol. The minimum atomic E-state index is -1.38. The van der Waals surface area contributed by atoms with Gasteiger partial charge in [0.2, 0.25) is 0 Å². The van der Waals surface area contributed by atoms with Gasteiger partial charge in [0.25, 0.3) is 0 Å². The molecule has 4 aliphatic rings. The molecule has 0 spiro atoms. The lowest BCUT2D eigenvalue weighted by molar-refractivity contribution is -0.151. The van der Waals surface area contributed by atoms with Gasteiger partial charge in [-0.15, -0.1) is 0 Å². The fourth-order valence-corrected chi connectivity index (χ4v) is 6.69. The first-order chi connectivity index (χ1) is 13.1. The lowest BCUT2D eigenvalue weighted by Gasteiger charge is -2.59. The van der Waals surface area contributed by atoms with Gasteiger partial charge in [0, 0.05) is 30.6 Å². The summed E-state index contributed by atoms with van der Waals surface area (Å²) >= 11 is 0. The number of ether oxygens (including phenoxy) is 1. The summed E-state index contributed by atoms with van der Waals surface area (Å²) in [7, 11) is 0. The van der Waals surface area contributed by atoms with E-state index in [9.17, 15) is 14.4 Å². The number of hydrogen-bond acceptors (Lipinski definition) is 4. The molecule has 0 aromatic carbocycles. The van der Waals surface area contributed by atoms with Gasteiger partial charge in [0.1, 0.15) is 12.3 Å². The molecule has 0 radical (unpaired) electrons. The molecule has 0 aliphatic heterocycles. The number of allylic oxidation sites excluding steroid dienone is 4. The van der Waals surface area contributed by atoms with Crippen LogP contribution in [0.2, 0.25) is 0 Å². The number of ketones is 2. The van der Waals surface area contributed by atoms with E-state index in [0.717, 1.165) is 18.4 Å². The van der Waals surface area contributed by atoms with E-state index >= 15 is 4.39 Å². The van der Waals surface area contributed by atoms with Crippen LogP contribution in [0.15, 0.2) is 23.8 Å². The molecule has 28 heavy (non-hydrogen) atoms. The number of fused-ring (bicyclic) bond motifs is 5. The molecule has 4 aliphatic carbocycles. The van der Waals surface area contributed by atoms with Gasteiger partial charge in [-0.2, -0.15) is 0 Å². The molecular formula is C23H29FO4. The number of rotatable bonds is 3. The fraction of sp³-hybridized carbons (Fsp3) is 0.696. The molecule has 0 heterocycles. The summed E-state index contributed by atoms with van der Waals surface area (Å²) < 4.78 is 21.6.